The summed E-state index contributed by atoms with van der Waals surface area (Å²) in [6.45, 7) is 6.99. The molecule has 0 bridgehead atoms. The molecule has 1 rings (SSSR count). The van der Waals surface area contributed by atoms with Gasteiger partial charge in [-0.15, -0.1) is 0 Å². The van der Waals surface area contributed by atoms with Gasteiger partial charge in [0.1, 0.15) is 0 Å². The smallest absolute Gasteiger partial charge is 0.0484 e. The fourth-order valence-corrected chi connectivity index (χ4v) is 3.63. The first-order chi connectivity index (χ1) is 9.40. The van der Waals surface area contributed by atoms with Gasteiger partial charge in [0, 0.05) is 34.7 Å². The van der Waals surface area contributed by atoms with Gasteiger partial charge in [-0.05, 0) is 45.3 Å². The standard InChI is InChI=1S/C15H25BrClN3/c1-5-20(11(2)10-19(3)4)15(9-18)13-7-6-12(17)8-14(13)16/h6-8,11,15H,5,9-10,18H2,1-4H3. The van der Waals surface area contributed by atoms with E-state index in [9.17, 15) is 0 Å². The van der Waals surface area contributed by atoms with Crippen molar-refractivity contribution in [2.45, 2.75) is 25.9 Å². The summed E-state index contributed by atoms with van der Waals surface area (Å²) in [5.41, 5.74) is 7.25. The van der Waals surface area contributed by atoms with Gasteiger partial charge in [-0.1, -0.05) is 40.5 Å². The Morgan fingerprint density at radius 2 is 2.00 bits per heavy atom. The van der Waals surface area contributed by atoms with E-state index in [-0.39, 0.29) is 6.04 Å². The summed E-state index contributed by atoms with van der Waals surface area (Å²) in [6.07, 6.45) is 0. The number of nitrogens with zero attached hydrogens (tertiary/aromatic N) is 2. The maximum atomic E-state index is 6.05. The molecule has 0 aliphatic carbocycles. The monoisotopic (exact) mass is 361 g/mol. The second kappa shape index (κ2) is 8.35. The fraction of sp³-hybridized carbons (Fsp3) is 0.600. The van der Waals surface area contributed by atoms with Crippen LogP contribution in [0, 0.1) is 0 Å². The van der Waals surface area contributed by atoms with Crippen LogP contribution in [0.5, 0.6) is 0 Å². The zero-order chi connectivity index (χ0) is 15.3. The molecule has 0 heterocycles. The maximum Gasteiger partial charge on any atom is 0.0484 e. The molecule has 0 amide bonds. The minimum atomic E-state index is 0.196. The molecule has 0 aliphatic heterocycles. The lowest BCUT2D eigenvalue weighted by Gasteiger charge is -2.37. The Kier molecular flexibility index (Phi) is 7.48. The number of hydrogen-bond donors (Lipinski definition) is 1. The van der Waals surface area contributed by atoms with Crippen molar-refractivity contribution in [2.75, 3.05) is 33.7 Å². The lowest BCUT2D eigenvalue weighted by atomic mass is 10.0. The average Bonchev–Trinajstić information content (AvgIpc) is 2.35. The summed E-state index contributed by atoms with van der Waals surface area (Å²) in [5.74, 6) is 0. The van der Waals surface area contributed by atoms with Crippen molar-refractivity contribution < 1.29 is 0 Å². The minimum absolute atomic E-state index is 0.196. The molecule has 0 radical (unpaired) electrons. The first kappa shape index (κ1) is 17.9. The van der Waals surface area contributed by atoms with Gasteiger partial charge in [0.2, 0.25) is 0 Å². The second-order valence-electron chi connectivity index (χ2n) is 5.36. The van der Waals surface area contributed by atoms with E-state index in [2.05, 4.69) is 59.7 Å². The number of nitrogens with two attached hydrogens (primary N) is 1. The Hall–Kier alpha value is -0.130. The van der Waals surface area contributed by atoms with E-state index < -0.39 is 0 Å². The molecule has 0 saturated heterocycles. The van der Waals surface area contributed by atoms with Crippen molar-refractivity contribution in [3.8, 4) is 0 Å². The van der Waals surface area contributed by atoms with Crippen molar-refractivity contribution in [2.24, 2.45) is 5.73 Å². The molecule has 0 spiro atoms. The molecule has 1 aromatic carbocycles. The first-order valence-corrected chi connectivity index (χ1v) is 8.13. The van der Waals surface area contributed by atoms with E-state index in [0.717, 1.165) is 22.6 Å². The van der Waals surface area contributed by atoms with Crippen LogP contribution in [0.2, 0.25) is 5.02 Å². The van der Waals surface area contributed by atoms with Gasteiger partial charge in [0.25, 0.3) is 0 Å². The highest BCUT2D eigenvalue weighted by atomic mass is 79.9. The van der Waals surface area contributed by atoms with Crippen LogP contribution in [0.15, 0.2) is 22.7 Å². The Morgan fingerprint density at radius 1 is 1.35 bits per heavy atom. The van der Waals surface area contributed by atoms with Crippen molar-refractivity contribution >= 4 is 27.5 Å². The van der Waals surface area contributed by atoms with Crippen molar-refractivity contribution in [3.05, 3.63) is 33.3 Å². The van der Waals surface area contributed by atoms with E-state index in [1.54, 1.807) is 0 Å². The molecule has 2 N–H and O–H groups in total. The van der Waals surface area contributed by atoms with Crippen LogP contribution in [-0.4, -0.2) is 49.6 Å². The maximum absolute atomic E-state index is 6.05. The molecule has 0 aromatic heterocycles. The van der Waals surface area contributed by atoms with E-state index in [0.29, 0.717) is 12.6 Å². The van der Waals surface area contributed by atoms with Crippen LogP contribution >= 0.6 is 27.5 Å². The molecular formula is C15H25BrClN3. The SMILES string of the molecule is CCN(C(C)CN(C)C)C(CN)c1ccc(Cl)cc1Br. The first-order valence-electron chi connectivity index (χ1n) is 6.96. The van der Waals surface area contributed by atoms with Crippen LogP contribution in [0.3, 0.4) is 0 Å². The van der Waals surface area contributed by atoms with Gasteiger partial charge in [-0.25, -0.2) is 0 Å². The Morgan fingerprint density at radius 3 is 2.45 bits per heavy atom. The highest BCUT2D eigenvalue weighted by molar-refractivity contribution is 9.10. The lowest BCUT2D eigenvalue weighted by molar-refractivity contribution is 0.130. The molecule has 0 fully saturated rings. The predicted octanol–water partition coefficient (Wildman–Crippen LogP) is 3.37. The Bertz CT molecular complexity index is 426. The average molecular weight is 363 g/mol. The number of benzene rings is 1. The van der Waals surface area contributed by atoms with E-state index in [1.165, 1.54) is 5.56 Å². The van der Waals surface area contributed by atoms with Crippen LogP contribution in [0.1, 0.15) is 25.5 Å². The van der Waals surface area contributed by atoms with Crippen molar-refractivity contribution in [1.29, 1.82) is 0 Å². The highest BCUT2D eigenvalue weighted by Gasteiger charge is 2.24. The van der Waals surface area contributed by atoms with E-state index >= 15 is 0 Å². The van der Waals surface area contributed by atoms with Crippen LogP contribution in [-0.2, 0) is 0 Å². The van der Waals surface area contributed by atoms with E-state index in [4.69, 9.17) is 17.3 Å². The van der Waals surface area contributed by atoms with Gasteiger partial charge < -0.3 is 10.6 Å². The summed E-state index contributed by atoms with van der Waals surface area (Å²) < 4.78 is 1.02. The molecule has 0 aliphatic rings. The summed E-state index contributed by atoms with van der Waals surface area (Å²) in [6, 6.07) is 6.56. The molecule has 2 atom stereocenters. The van der Waals surface area contributed by atoms with Crippen LogP contribution < -0.4 is 5.73 Å². The third kappa shape index (κ3) is 4.71. The third-order valence-corrected chi connectivity index (χ3v) is 4.43. The molecule has 5 heteroatoms. The molecule has 0 saturated carbocycles. The van der Waals surface area contributed by atoms with Crippen LogP contribution in [0.25, 0.3) is 0 Å². The third-order valence-electron chi connectivity index (χ3n) is 3.51. The number of likely N-dealkylation sites (N-methyl/N-ethyl adjacent to an activating group) is 2. The number of hydrogen-bond acceptors (Lipinski definition) is 3. The van der Waals surface area contributed by atoms with Gasteiger partial charge in [0.15, 0.2) is 0 Å². The minimum Gasteiger partial charge on any atom is -0.329 e. The largest absolute Gasteiger partial charge is 0.329 e. The molecule has 1 aromatic rings. The Balaban J connectivity index is 3.02. The van der Waals surface area contributed by atoms with Crippen LogP contribution in [0.4, 0.5) is 0 Å². The second-order valence-corrected chi connectivity index (χ2v) is 6.65. The molecule has 20 heavy (non-hydrogen) atoms. The zero-order valence-corrected chi connectivity index (χ0v) is 15.1. The molecule has 114 valence electrons. The molecule has 3 nitrogen and oxygen atoms in total. The predicted molar refractivity (Wildman–Crippen MR) is 91.3 cm³/mol. The highest BCUT2D eigenvalue weighted by Crippen LogP contribution is 2.30. The van der Waals surface area contributed by atoms with E-state index in [1.807, 2.05) is 12.1 Å². The summed E-state index contributed by atoms with van der Waals surface area (Å²) in [4.78, 5) is 4.64. The number of halogens is 2. The topological polar surface area (TPSA) is 32.5 Å². The summed E-state index contributed by atoms with van der Waals surface area (Å²) >= 11 is 9.64. The normalized spacial score (nSPS) is 14.8. The quantitative estimate of drug-likeness (QED) is 0.807. The summed E-state index contributed by atoms with van der Waals surface area (Å²) in [7, 11) is 4.19. The Labute approximate surface area is 136 Å². The summed E-state index contributed by atoms with van der Waals surface area (Å²) in [5, 5.41) is 0.737. The fourth-order valence-electron chi connectivity index (χ4n) is 2.69. The molecular weight excluding hydrogens is 338 g/mol. The van der Waals surface area contributed by atoms with Gasteiger partial charge in [0.05, 0.1) is 0 Å². The lowest BCUT2D eigenvalue weighted by Crippen LogP contribution is -2.44. The van der Waals surface area contributed by atoms with Crippen molar-refractivity contribution in [1.82, 2.24) is 9.80 Å². The van der Waals surface area contributed by atoms with Gasteiger partial charge in [-0.2, -0.15) is 0 Å². The van der Waals surface area contributed by atoms with Gasteiger partial charge in [-0.3, -0.25) is 4.90 Å². The zero-order valence-electron chi connectivity index (χ0n) is 12.7. The number of rotatable bonds is 7. The molecule has 2 unspecified atom stereocenters. The van der Waals surface area contributed by atoms with Crippen molar-refractivity contribution in [3.63, 3.8) is 0 Å². The van der Waals surface area contributed by atoms with Gasteiger partial charge >= 0.3 is 0 Å².